The molecule has 26 heavy (non-hydrogen) atoms. The van der Waals surface area contributed by atoms with Gasteiger partial charge in [-0.1, -0.05) is 12.1 Å². The Kier molecular flexibility index (Phi) is 5.46. The number of carbonyl (C=O) groups is 1. The number of nitrogens with two attached hydrogens (primary N) is 1. The maximum absolute atomic E-state index is 12.7. The summed E-state index contributed by atoms with van der Waals surface area (Å²) >= 11 is -0.191. The predicted octanol–water partition coefficient (Wildman–Crippen LogP) is 4.59. The van der Waals surface area contributed by atoms with E-state index >= 15 is 0 Å². The number of halogens is 3. The first-order chi connectivity index (χ1) is 12.3. The largest absolute Gasteiger partial charge is 0.446 e. The third-order valence-corrected chi connectivity index (χ3v) is 5.07. The maximum Gasteiger partial charge on any atom is 0.446 e. The van der Waals surface area contributed by atoms with Crippen LogP contribution < -0.4 is 10.6 Å². The fourth-order valence-electron chi connectivity index (χ4n) is 3.21. The summed E-state index contributed by atoms with van der Waals surface area (Å²) in [6.45, 7) is 2.02. The minimum atomic E-state index is -4.37. The number of alkyl halides is 3. The molecule has 0 saturated carbocycles. The molecule has 1 amide bonds. The van der Waals surface area contributed by atoms with E-state index in [0.29, 0.717) is 12.0 Å². The van der Waals surface area contributed by atoms with Crippen LogP contribution in [0.5, 0.6) is 0 Å². The van der Waals surface area contributed by atoms with Gasteiger partial charge in [-0.05, 0) is 72.5 Å². The Balaban J connectivity index is 1.88. The molecular formula is C19H19F3N2OS. The molecule has 1 saturated heterocycles. The van der Waals surface area contributed by atoms with Gasteiger partial charge in [-0.3, -0.25) is 4.79 Å². The number of hydrogen-bond acceptors (Lipinski definition) is 3. The van der Waals surface area contributed by atoms with Gasteiger partial charge in [-0.2, -0.15) is 13.2 Å². The van der Waals surface area contributed by atoms with Crippen LogP contribution in [0, 0.1) is 0 Å². The first-order valence-corrected chi connectivity index (χ1v) is 9.16. The zero-order chi connectivity index (χ0) is 18.7. The molecule has 0 unspecified atom stereocenters. The highest BCUT2D eigenvalue weighted by molar-refractivity contribution is 8.00. The molecule has 0 aliphatic carbocycles. The average Bonchev–Trinajstić information content (AvgIpc) is 3.08. The second-order valence-corrected chi connectivity index (χ2v) is 7.41. The highest BCUT2D eigenvalue weighted by atomic mass is 32.2. The van der Waals surface area contributed by atoms with Crippen LogP contribution in [0.15, 0.2) is 47.4 Å². The van der Waals surface area contributed by atoms with Gasteiger partial charge in [0.05, 0.1) is 0 Å². The molecule has 3 rings (SSSR count). The van der Waals surface area contributed by atoms with E-state index in [4.69, 9.17) is 5.73 Å². The fourth-order valence-corrected chi connectivity index (χ4v) is 3.82. The average molecular weight is 380 g/mol. The minimum Gasteiger partial charge on any atom is -0.372 e. The zero-order valence-corrected chi connectivity index (χ0v) is 14.9. The lowest BCUT2D eigenvalue weighted by Crippen LogP contribution is -2.17. The SMILES string of the molecule is NC(=O)c1ccc(SC(F)(F)F)cc1Cc1cccc(N2CCCC2)c1. The van der Waals surface area contributed by atoms with E-state index < -0.39 is 11.4 Å². The van der Waals surface area contributed by atoms with Crippen LogP contribution in [0.1, 0.15) is 34.3 Å². The second-order valence-electron chi connectivity index (χ2n) is 6.27. The maximum atomic E-state index is 12.7. The molecule has 1 aliphatic heterocycles. The molecule has 2 aromatic rings. The van der Waals surface area contributed by atoms with Crippen LogP contribution in [0.25, 0.3) is 0 Å². The first-order valence-electron chi connectivity index (χ1n) is 8.34. The summed E-state index contributed by atoms with van der Waals surface area (Å²) in [7, 11) is 0. The van der Waals surface area contributed by atoms with Crippen molar-refractivity contribution in [3.05, 3.63) is 59.2 Å². The van der Waals surface area contributed by atoms with Crippen molar-refractivity contribution in [2.75, 3.05) is 18.0 Å². The van der Waals surface area contributed by atoms with E-state index in [1.54, 1.807) is 0 Å². The number of amides is 1. The molecule has 0 radical (unpaired) electrons. The molecule has 0 atom stereocenters. The molecule has 1 aliphatic rings. The summed E-state index contributed by atoms with van der Waals surface area (Å²) in [5.41, 5.74) is 3.82. The van der Waals surface area contributed by atoms with Crippen LogP contribution in [0.3, 0.4) is 0 Å². The van der Waals surface area contributed by atoms with Crippen LogP contribution in [-0.2, 0) is 6.42 Å². The molecular weight excluding hydrogens is 361 g/mol. The number of rotatable bonds is 5. The van der Waals surface area contributed by atoms with Gasteiger partial charge in [-0.15, -0.1) is 0 Å². The number of benzene rings is 2. The monoisotopic (exact) mass is 380 g/mol. The first kappa shape index (κ1) is 18.6. The van der Waals surface area contributed by atoms with E-state index in [1.165, 1.54) is 18.2 Å². The number of hydrogen-bond donors (Lipinski definition) is 1. The van der Waals surface area contributed by atoms with Gasteiger partial charge < -0.3 is 10.6 Å². The van der Waals surface area contributed by atoms with Crippen molar-refractivity contribution in [2.24, 2.45) is 5.73 Å². The van der Waals surface area contributed by atoms with Gasteiger partial charge in [-0.25, -0.2) is 0 Å². The van der Waals surface area contributed by atoms with Crippen molar-refractivity contribution in [1.29, 1.82) is 0 Å². The van der Waals surface area contributed by atoms with Crippen LogP contribution in [0.4, 0.5) is 18.9 Å². The molecule has 3 nitrogen and oxygen atoms in total. The van der Waals surface area contributed by atoms with E-state index in [2.05, 4.69) is 4.90 Å². The number of anilines is 1. The lowest BCUT2D eigenvalue weighted by Gasteiger charge is -2.18. The lowest BCUT2D eigenvalue weighted by atomic mass is 9.99. The van der Waals surface area contributed by atoms with E-state index in [0.717, 1.165) is 37.2 Å². The minimum absolute atomic E-state index is 0.0493. The number of carbonyl (C=O) groups excluding carboxylic acids is 1. The Morgan fingerprint density at radius 3 is 2.50 bits per heavy atom. The summed E-state index contributed by atoms with van der Waals surface area (Å²) in [4.78, 5) is 14.0. The second kappa shape index (κ2) is 7.61. The third-order valence-electron chi connectivity index (χ3n) is 4.35. The van der Waals surface area contributed by atoms with Crippen molar-refractivity contribution >= 4 is 23.4 Å². The van der Waals surface area contributed by atoms with Crippen molar-refractivity contribution in [2.45, 2.75) is 29.7 Å². The molecule has 0 bridgehead atoms. The molecule has 2 aromatic carbocycles. The van der Waals surface area contributed by atoms with Gasteiger partial charge in [0.25, 0.3) is 0 Å². The molecule has 0 spiro atoms. The zero-order valence-electron chi connectivity index (χ0n) is 14.1. The highest BCUT2D eigenvalue weighted by Gasteiger charge is 2.29. The predicted molar refractivity (Wildman–Crippen MR) is 97.6 cm³/mol. The fraction of sp³-hybridized carbons (Fsp3) is 0.316. The quantitative estimate of drug-likeness (QED) is 0.772. The molecule has 7 heteroatoms. The Bertz CT molecular complexity index is 802. The Morgan fingerprint density at radius 2 is 1.85 bits per heavy atom. The van der Waals surface area contributed by atoms with Crippen molar-refractivity contribution < 1.29 is 18.0 Å². The Morgan fingerprint density at radius 1 is 1.12 bits per heavy atom. The smallest absolute Gasteiger partial charge is 0.372 e. The van der Waals surface area contributed by atoms with Crippen molar-refractivity contribution in [3.8, 4) is 0 Å². The summed E-state index contributed by atoms with van der Waals surface area (Å²) in [5.74, 6) is -0.640. The van der Waals surface area contributed by atoms with Crippen LogP contribution in [-0.4, -0.2) is 24.5 Å². The summed E-state index contributed by atoms with van der Waals surface area (Å²) in [6.07, 6.45) is 2.67. The molecule has 2 N–H and O–H groups in total. The number of primary amides is 1. The molecule has 0 aromatic heterocycles. The summed E-state index contributed by atoms with van der Waals surface area (Å²) in [5, 5.41) is 0. The topological polar surface area (TPSA) is 46.3 Å². The molecule has 1 fully saturated rings. The standard InChI is InChI=1S/C19H19F3N2OS/c20-19(21,22)26-16-6-7-17(18(23)25)14(12-16)10-13-4-3-5-15(11-13)24-8-1-2-9-24/h3-7,11-12H,1-2,8-10H2,(H2,23,25). The lowest BCUT2D eigenvalue weighted by molar-refractivity contribution is -0.0328. The van der Waals surface area contributed by atoms with Crippen LogP contribution in [0.2, 0.25) is 0 Å². The van der Waals surface area contributed by atoms with Gasteiger partial charge in [0, 0.05) is 29.2 Å². The number of thioether (sulfide) groups is 1. The third kappa shape index (κ3) is 4.72. The van der Waals surface area contributed by atoms with Crippen molar-refractivity contribution in [1.82, 2.24) is 0 Å². The van der Waals surface area contributed by atoms with E-state index in [9.17, 15) is 18.0 Å². The van der Waals surface area contributed by atoms with Crippen LogP contribution >= 0.6 is 11.8 Å². The molecule has 138 valence electrons. The Hall–Kier alpha value is -2.15. The van der Waals surface area contributed by atoms with E-state index in [1.807, 2.05) is 24.3 Å². The van der Waals surface area contributed by atoms with Gasteiger partial charge in [0.2, 0.25) is 5.91 Å². The number of nitrogens with zero attached hydrogens (tertiary/aromatic N) is 1. The summed E-state index contributed by atoms with van der Waals surface area (Å²) in [6, 6.07) is 12.0. The summed E-state index contributed by atoms with van der Waals surface area (Å²) < 4.78 is 38.0. The highest BCUT2D eigenvalue weighted by Crippen LogP contribution is 2.37. The van der Waals surface area contributed by atoms with Crippen molar-refractivity contribution in [3.63, 3.8) is 0 Å². The van der Waals surface area contributed by atoms with Gasteiger partial charge in [0.1, 0.15) is 0 Å². The van der Waals surface area contributed by atoms with E-state index in [-0.39, 0.29) is 22.2 Å². The van der Waals surface area contributed by atoms with Gasteiger partial charge in [0.15, 0.2) is 0 Å². The molecule has 1 heterocycles. The van der Waals surface area contributed by atoms with Gasteiger partial charge >= 0.3 is 5.51 Å². The normalized spacial score (nSPS) is 14.7. The Labute approximate surface area is 154 Å².